The number of aromatic nitrogens is 3. The predicted octanol–water partition coefficient (Wildman–Crippen LogP) is 3.94. The summed E-state index contributed by atoms with van der Waals surface area (Å²) < 4.78 is 1.78. The molecule has 0 atom stereocenters. The lowest BCUT2D eigenvalue weighted by molar-refractivity contribution is -0.115. The van der Waals surface area contributed by atoms with Gasteiger partial charge in [0.25, 0.3) is 11.8 Å². The molecule has 3 aromatic rings. The zero-order valence-electron chi connectivity index (χ0n) is 23.5. The Morgan fingerprint density at radius 1 is 1.10 bits per heavy atom. The van der Waals surface area contributed by atoms with E-state index in [2.05, 4.69) is 15.7 Å². The first kappa shape index (κ1) is 27.9. The van der Waals surface area contributed by atoms with E-state index < -0.39 is 0 Å². The lowest BCUT2D eigenvalue weighted by atomic mass is 9.92. The molecule has 0 aliphatic heterocycles. The van der Waals surface area contributed by atoms with E-state index in [1.165, 1.54) is 0 Å². The molecule has 0 saturated heterocycles. The number of hydrogen-bond acceptors (Lipinski definition) is 6. The summed E-state index contributed by atoms with van der Waals surface area (Å²) in [5, 5.41) is 11.0. The Kier molecular flexibility index (Phi) is 8.40. The predicted molar refractivity (Wildman–Crippen MR) is 153 cm³/mol. The minimum atomic E-state index is -0.316. The second-order valence-electron chi connectivity index (χ2n) is 10.6. The molecular weight excluding hydrogens is 492 g/mol. The molecule has 0 unspecified atom stereocenters. The van der Waals surface area contributed by atoms with Gasteiger partial charge in [-0.2, -0.15) is 5.10 Å². The van der Waals surface area contributed by atoms with Crippen LogP contribution < -0.4 is 10.6 Å². The molecule has 2 heterocycles. The van der Waals surface area contributed by atoms with Crippen LogP contribution in [-0.2, 0) is 4.79 Å². The number of nitrogens with zero attached hydrogens (tertiary/aromatic N) is 4. The molecule has 1 aliphatic rings. The maximum absolute atomic E-state index is 13.5. The lowest BCUT2D eigenvalue weighted by Crippen LogP contribution is -2.31. The maximum atomic E-state index is 13.5. The van der Waals surface area contributed by atoms with Crippen molar-refractivity contribution in [3.05, 3.63) is 70.5 Å². The monoisotopic (exact) mass is 528 g/mol. The Hall–Kier alpha value is -4.11. The fraction of sp³-hybridized carbons (Fsp3) is 0.367. The van der Waals surface area contributed by atoms with Crippen molar-refractivity contribution in [2.75, 3.05) is 33.7 Å². The van der Waals surface area contributed by atoms with Crippen molar-refractivity contribution >= 4 is 28.6 Å². The molecule has 0 bridgehead atoms. The Morgan fingerprint density at radius 3 is 2.56 bits per heavy atom. The average molecular weight is 529 g/mol. The fourth-order valence-corrected chi connectivity index (χ4v) is 4.64. The molecule has 9 nitrogen and oxygen atoms in total. The van der Waals surface area contributed by atoms with Crippen molar-refractivity contribution in [3.63, 3.8) is 0 Å². The third-order valence-corrected chi connectivity index (χ3v) is 6.71. The van der Waals surface area contributed by atoms with Crippen LogP contribution in [0.25, 0.3) is 22.3 Å². The van der Waals surface area contributed by atoms with Crippen LogP contribution in [0.5, 0.6) is 0 Å². The molecule has 39 heavy (non-hydrogen) atoms. The summed E-state index contributed by atoms with van der Waals surface area (Å²) in [6.45, 7) is 9.23. The fourth-order valence-electron chi connectivity index (χ4n) is 4.64. The number of ketones is 1. The number of nitrogens with one attached hydrogen (secondary N) is 2. The lowest BCUT2D eigenvalue weighted by Gasteiger charge is -2.16. The van der Waals surface area contributed by atoms with Gasteiger partial charge in [-0.3, -0.25) is 14.4 Å². The molecule has 0 saturated carbocycles. The van der Waals surface area contributed by atoms with Crippen LogP contribution in [-0.4, -0.2) is 71.0 Å². The number of fused-ring (bicyclic) bond motifs is 1. The van der Waals surface area contributed by atoms with Gasteiger partial charge in [0, 0.05) is 48.8 Å². The number of Topliss-reactive ketones (excluding diaryl/α,β-unsaturated/α-hetero) is 1. The summed E-state index contributed by atoms with van der Waals surface area (Å²) in [5.41, 5.74) is 5.28. The van der Waals surface area contributed by atoms with Crippen LogP contribution in [0.4, 0.5) is 0 Å². The molecule has 4 rings (SSSR count). The zero-order chi connectivity index (χ0) is 28.3. The first-order valence-corrected chi connectivity index (χ1v) is 13.1. The van der Waals surface area contributed by atoms with Gasteiger partial charge in [-0.05, 0) is 65.6 Å². The summed E-state index contributed by atoms with van der Waals surface area (Å²) in [6.07, 6.45) is 4.01. The SMILES string of the molecule is CC1=CC(C)=C(CNC(=O)c2cc(-c3cccc(C(=O)NCCN(C)C)c3)nc3c2cnn3C(C)C)C(=O)C1. The second-order valence-corrected chi connectivity index (χ2v) is 10.6. The van der Waals surface area contributed by atoms with Crippen LogP contribution in [0.2, 0.25) is 0 Å². The molecule has 0 spiro atoms. The highest BCUT2D eigenvalue weighted by Gasteiger charge is 2.22. The van der Waals surface area contributed by atoms with E-state index in [1.54, 1.807) is 35.1 Å². The van der Waals surface area contributed by atoms with Gasteiger partial charge in [-0.15, -0.1) is 0 Å². The number of carbonyl (C=O) groups excluding carboxylic acids is 3. The van der Waals surface area contributed by atoms with Crippen molar-refractivity contribution in [2.45, 2.75) is 40.2 Å². The van der Waals surface area contributed by atoms with Crippen LogP contribution in [0, 0.1) is 0 Å². The van der Waals surface area contributed by atoms with Gasteiger partial charge in [0.05, 0.1) is 22.8 Å². The van der Waals surface area contributed by atoms with Crippen molar-refractivity contribution in [2.24, 2.45) is 0 Å². The molecule has 1 aromatic carbocycles. The molecule has 204 valence electrons. The van der Waals surface area contributed by atoms with Crippen LogP contribution >= 0.6 is 0 Å². The first-order valence-electron chi connectivity index (χ1n) is 13.1. The summed E-state index contributed by atoms with van der Waals surface area (Å²) >= 11 is 0. The van der Waals surface area contributed by atoms with Gasteiger partial charge in [0.1, 0.15) is 0 Å². The minimum Gasteiger partial charge on any atom is -0.351 e. The van der Waals surface area contributed by atoms with E-state index in [-0.39, 0.29) is 30.2 Å². The van der Waals surface area contributed by atoms with Gasteiger partial charge in [0.15, 0.2) is 11.4 Å². The molecule has 2 amide bonds. The number of benzene rings is 1. The number of allylic oxidation sites excluding steroid dienone is 3. The van der Waals surface area contributed by atoms with Crippen molar-refractivity contribution in [3.8, 4) is 11.3 Å². The number of hydrogen-bond donors (Lipinski definition) is 2. The van der Waals surface area contributed by atoms with Crippen LogP contribution in [0.3, 0.4) is 0 Å². The summed E-state index contributed by atoms with van der Waals surface area (Å²) in [5.74, 6) is -0.458. The quantitative estimate of drug-likeness (QED) is 0.436. The molecule has 0 fully saturated rings. The molecule has 1 aliphatic carbocycles. The standard InChI is InChI=1S/C30H36N6O3/c1-18(2)36-28-25(17-33-36)23(30(39)32-16-24-20(4)12-19(3)13-27(24)37)15-26(34-28)21-8-7-9-22(14-21)29(38)31-10-11-35(5)6/h7-9,12,14-15,17-18H,10-11,13,16H2,1-6H3,(H,31,38)(H,32,39). The molecule has 2 N–H and O–H groups in total. The highest BCUT2D eigenvalue weighted by Crippen LogP contribution is 2.27. The van der Waals surface area contributed by atoms with Gasteiger partial charge in [-0.25, -0.2) is 9.67 Å². The zero-order valence-corrected chi connectivity index (χ0v) is 23.5. The summed E-state index contributed by atoms with van der Waals surface area (Å²) in [6, 6.07) is 8.96. The van der Waals surface area contributed by atoms with E-state index in [4.69, 9.17) is 4.98 Å². The van der Waals surface area contributed by atoms with Gasteiger partial charge in [0.2, 0.25) is 0 Å². The second kappa shape index (κ2) is 11.7. The average Bonchev–Trinajstić information content (AvgIpc) is 3.31. The molecule has 9 heteroatoms. The van der Waals surface area contributed by atoms with E-state index in [0.29, 0.717) is 52.0 Å². The third kappa shape index (κ3) is 6.31. The highest BCUT2D eigenvalue weighted by molar-refractivity contribution is 6.07. The number of pyridine rings is 1. The molecule has 0 radical (unpaired) electrons. The third-order valence-electron chi connectivity index (χ3n) is 6.71. The maximum Gasteiger partial charge on any atom is 0.252 e. The van der Waals surface area contributed by atoms with Gasteiger partial charge >= 0.3 is 0 Å². The normalized spacial score (nSPS) is 13.8. The van der Waals surface area contributed by atoms with E-state index in [0.717, 1.165) is 17.7 Å². The smallest absolute Gasteiger partial charge is 0.252 e. The number of amides is 2. The topological polar surface area (TPSA) is 109 Å². The minimum absolute atomic E-state index is 0.0256. The Labute approximate surface area is 229 Å². The van der Waals surface area contributed by atoms with E-state index >= 15 is 0 Å². The van der Waals surface area contributed by atoms with Crippen LogP contribution in [0.1, 0.15) is 60.9 Å². The van der Waals surface area contributed by atoms with Crippen LogP contribution in [0.15, 0.2) is 59.3 Å². The Morgan fingerprint density at radius 2 is 1.87 bits per heavy atom. The molecular formula is C30H36N6O3. The number of likely N-dealkylation sites (N-methyl/N-ethyl adjacent to an activating group) is 1. The van der Waals surface area contributed by atoms with Crippen molar-refractivity contribution in [1.29, 1.82) is 0 Å². The first-order chi connectivity index (χ1) is 18.5. The van der Waals surface area contributed by atoms with Crippen molar-refractivity contribution < 1.29 is 14.4 Å². The molecule has 2 aromatic heterocycles. The Balaban J connectivity index is 1.68. The van der Waals surface area contributed by atoms with Gasteiger partial charge < -0.3 is 15.5 Å². The summed E-state index contributed by atoms with van der Waals surface area (Å²) in [4.78, 5) is 45.7. The number of rotatable bonds is 9. The van der Waals surface area contributed by atoms with Crippen molar-refractivity contribution in [1.82, 2.24) is 30.3 Å². The Bertz CT molecular complexity index is 1500. The summed E-state index contributed by atoms with van der Waals surface area (Å²) in [7, 11) is 3.90. The largest absolute Gasteiger partial charge is 0.351 e. The van der Waals surface area contributed by atoms with Gasteiger partial charge in [-0.1, -0.05) is 23.8 Å². The number of carbonyl (C=O) groups is 3. The van der Waals surface area contributed by atoms with E-state index in [1.807, 2.05) is 58.8 Å². The van der Waals surface area contributed by atoms with E-state index in [9.17, 15) is 14.4 Å². The highest BCUT2D eigenvalue weighted by atomic mass is 16.2.